The third-order valence-corrected chi connectivity index (χ3v) is 11.2. The lowest BCUT2D eigenvalue weighted by atomic mass is 10.0. The van der Waals surface area contributed by atoms with Crippen molar-refractivity contribution in [2.24, 2.45) is 14.1 Å². The Labute approximate surface area is 326 Å². The quantitative estimate of drug-likeness (QED) is 0.0930. The number of aryl methyl sites for hydroxylation is 6. The number of para-hydroxylation sites is 2. The van der Waals surface area contributed by atoms with Crippen LogP contribution >= 0.6 is 0 Å². The molecular formula is C48H44N8+2. The van der Waals surface area contributed by atoms with Gasteiger partial charge in [-0.2, -0.15) is 10.5 Å². The van der Waals surface area contributed by atoms with Crippen LogP contribution in [0.25, 0.3) is 55.0 Å². The Morgan fingerprint density at radius 1 is 0.500 bits per heavy atom. The van der Waals surface area contributed by atoms with Gasteiger partial charge in [-0.25, -0.2) is 18.3 Å². The predicted molar refractivity (Wildman–Crippen MR) is 222 cm³/mol. The lowest BCUT2D eigenvalue weighted by molar-refractivity contribution is -0.671. The molecule has 8 heteroatoms. The van der Waals surface area contributed by atoms with E-state index < -0.39 is 0 Å². The van der Waals surface area contributed by atoms with Crippen molar-refractivity contribution in [3.05, 3.63) is 157 Å². The fourth-order valence-corrected chi connectivity index (χ4v) is 8.51. The van der Waals surface area contributed by atoms with Crippen LogP contribution in [0.5, 0.6) is 0 Å². The molecule has 0 aliphatic rings. The number of fused-ring (bicyclic) bond motifs is 6. The molecule has 274 valence electrons. The molecule has 8 nitrogen and oxygen atoms in total. The maximum absolute atomic E-state index is 10.3. The second-order valence-corrected chi connectivity index (χ2v) is 15.1. The molecule has 5 aromatic carbocycles. The maximum Gasteiger partial charge on any atom is 0.243 e. The number of rotatable bonds is 12. The lowest BCUT2D eigenvalue weighted by Crippen LogP contribution is -2.23. The van der Waals surface area contributed by atoms with Crippen LogP contribution in [0.2, 0.25) is 0 Å². The Morgan fingerprint density at radius 2 is 0.929 bits per heavy atom. The van der Waals surface area contributed by atoms with Crippen molar-refractivity contribution in [3.8, 4) is 23.5 Å². The Kier molecular flexibility index (Phi) is 9.17. The minimum absolute atomic E-state index is 0.363. The van der Waals surface area contributed by atoms with Crippen molar-refractivity contribution in [1.29, 1.82) is 10.5 Å². The molecule has 9 rings (SSSR count). The number of nitrogens with zero attached hydrogens (tertiary/aromatic N) is 8. The summed E-state index contributed by atoms with van der Waals surface area (Å²) in [6, 6.07) is 39.2. The van der Waals surface area contributed by atoms with Crippen LogP contribution in [0, 0.1) is 22.7 Å². The molecule has 0 spiro atoms. The van der Waals surface area contributed by atoms with E-state index in [0.717, 1.165) is 95.8 Å². The Morgan fingerprint density at radius 3 is 1.34 bits per heavy atom. The topological polar surface area (TPSA) is 75.1 Å². The lowest BCUT2D eigenvalue weighted by Gasteiger charge is -2.18. The molecule has 0 aliphatic heterocycles. The summed E-state index contributed by atoms with van der Waals surface area (Å²) in [6.07, 6.45) is 19.1. The highest BCUT2D eigenvalue weighted by molar-refractivity contribution is 6.11. The Balaban J connectivity index is 1.14. The number of benzene rings is 5. The van der Waals surface area contributed by atoms with Crippen LogP contribution in [0.1, 0.15) is 47.9 Å². The fourth-order valence-electron chi connectivity index (χ4n) is 8.51. The summed E-state index contributed by atoms with van der Waals surface area (Å²) in [7, 11) is 4.11. The van der Waals surface area contributed by atoms with E-state index in [1.165, 1.54) is 21.9 Å². The summed E-state index contributed by atoms with van der Waals surface area (Å²) >= 11 is 0. The smallest absolute Gasteiger partial charge is 0.243 e. The van der Waals surface area contributed by atoms with Gasteiger partial charge >= 0.3 is 0 Å². The SMILES string of the molecule is C[n+]1ccn(CCCCc2ccc3c(c2)c2ccccc2n3-c2cc(C#N)c(C#N)cc2-n2c3ccccc3c3cc(CCCCn4cc[n+](C)c4)ccc32)c1. The second kappa shape index (κ2) is 14.7. The normalized spacial score (nSPS) is 11.6. The molecule has 0 unspecified atom stereocenters. The van der Waals surface area contributed by atoms with Gasteiger partial charge in [0.2, 0.25) is 12.7 Å². The van der Waals surface area contributed by atoms with Gasteiger partial charge in [0.05, 0.1) is 71.8 Å². The van der Waals surface area contributed by atoms with Crippen molar-refractivity contribution < 1.29 is 9.13 Å². The number of aromatic nitrogens is 6. The third kappa shape index (κ3) is 6.40. The van der Waals surface area contributed by atoms with Gasteiger partial charge in [0.25, 0.3) is 0 Å². The van der Waals surface area contributed by atoms with Gasteiger partial charge in [-0.15, -0.1) is 0 Å². The number of unbranched alkanes of at least 4 members (excludes halogenated alkanes) is 2. The van der Waals surface area contributed by atoms with Crippen molar-refractivity contribution in [1.82, 2.24) is 18.3 Å². The first-order chi connectivity index (χ1) is 27.5. The highest BCUT2D eigenvalue weighted by Gasteiger charge is 2.22. The molecule has 0 amide bonds. The van der Waals surface area contributed by atoms with E-state index in [0.29, 0.717) is 11.1 Å². The van der Waals surface area contributed by atoms with Gasteiger partial charge in [-0.05, 0) is 98.2 Å². The summed E-state index contributed by atoms with van der Waals surface area (Å²) in [5.41, 5.74) is 9.35. The van der Waals surface area contributed by atoms with Gasteiger partial charge in [0, 0.05) is 21.5 Å². The van der Waals surface area contributed by atoms with E-state index in [9.17, 15) is 10.5 Å². The van der Waals surface area contributed by atoms with Gasteiger partial charge in [-0.1, -0.05) is 48.5 Å². The second-order valence-electron chi connectivity index (χ2n) is 15.1. The molecule has 0 radical (unpaired) electrons. The first-order valence-corrected chi connectivity index (χ1v) is 19.5. The summed E-state index contributed by atoms with van der Waals surface area (Å²) < 4.78 is 13.2. The summed E-state index contributed by atoms with van der Waals surface area (Å²) in [5, 5.41) is 25.4. The molecule has 0 fully saturated rings. The molecule has 0 aliphatic carbocycles. The molecule has 4 aromatic heterocycles. The predicted octanol–water partition coefficient (Wildman–Crippen LogP) is 8.92. The van der Waals surface area contributed by atoms with Crippen LogP contribution < -0.4 is 9.13 Å². The number of hydrogen-bond acceptors (Lipinski definition) is 2. The summed E-state index contributed by atoms with van der Waals surface area (Å²) in [4.78, 5) is 0. The average Bonchev–Trinajstić information content (AvgIpc) is 4.00. The van der Waals surface area contributed by atoms with E-state index in [-0.39, 0.29) is 0 Å². The average molecular weight is 733 g/mol. The zero-order valence-electron chi connectivity index (χ0n) is 31.9. The fraction of sp³-hybridized carbons (Fsp3) is 0.208. The maximum atomic E-state index is 10.3. The number of imidazole rings is 2. The van der Waals surface area contributed by atoms with Gasteiger partial charge < -0.3 is 9.13 Å². The molecule has 0 atom stereocenters. The minimum Gasteiger partial charge on any atom is -0.307 e. The molecule has 56 heavy (non-hydrogen) atoms. The van der Waals surface area contributed by atoms with Crippen molar-refractivity contribution >= 4 is 43.6 Å². The monoisotopic (exact) mass is 732 g/mol. The molecule has 0 saturated heterocycles. The van der Waals surface area contributed by atoms with Crippen LogP contribution in [0.3, 0.4) is 0 Å². The van der Waals surface area contributed by atoms with E-state index in [4.69, 9.17) is 0 Å². The zero-order chi connectivity index (χ0) is 38.2. The van der Waals surface area contributed by atoms with Gasteiger partial charge in [-0.3, -0.25) is 0 Å². The summed E-state index contributed by atoms with van der Waals surface area (Å²) in [6.45, 7) is 2.01. The van der Waals surface area contributed by atoms with E-state index >= 15 is 0 Å². The molecule has 0 N–H and O–H groups in total. The van der Waals surface area contributed by atoms with Crippen LogP contribution in [0.4, 0.5) is 0 Å². The number of hydrogen-bond donors (Lipinski definition) is 0. The Bertz CT molecular complexity index is 2790. The van der Waals surface area contributed by atoms with Crippen molar-refractivity contribution in [3.63, 3.8) is 0 Å². The molecule has 0 saturated carbocycles. The third-order valence-electron chi connectivity index (χ3n) is 11.2. The minimum atomic E-state index is 0.363. The standard InChI is InChI=1S/C48H44N8/c1-51-23-25-53(33-51)21-9-7-11-35-17-19-45-41(27-35)39-13-3-5-15-43(39)55(45)47-29-37(31-49)38(32-50)30-48(47)56-44-16-6-4-14-40(44)42-28-36(18-20-46(42)56)12-8-10-22-54-26-24-52(2)34-54/h3-6,13-20,23-30,33-34H,7-12,21-22H2,1-2H3/q+2. The van der Waals surface area contributed by atoms with Crippen LogP contribution in [-0.4, -0.2) is 18.3 Å². The first kappa shape index (κ1) is 34.8. The molecular weight excluding hydrogens is 689 g/mol. The Hall–Kier alpha value is -6.90. The summed E-state index contributed by atoms with van der Waals surface area (Å²) in [5.74, 6) is 0. The van der Waals surface area contributed by atoms with Gasteiger partial charge in [0.1, 0.15) is 36.9 Å². The van der Waals surface area contributed by atoms with Crippen LogP contribution in [0.15, 0.2) is 135 Å². The highest BCUT2D eigenvalue weighted by atomic mass is 15.1. The van der Waals surface area contributed by atoms with E-state index in [1.807, 2.05) is 12.1 Å². The van der Waals surface area contributed by atoms with Crippen LogP contribution in [-0.2, 0) is 40.0 Å². The highest BCUT2D eigenvalue weighted by Crippen LogP contribution is 2.39. The van der Waals surface area contributed by atoms with E-state index in [1.54, 1.807) is 0 Å². The van der Waals surface area contributed by atoms with Gasteiger partial charge in [0.15, 0.2) is 0 Å². The number of nitriles is 2. The largest absolute Gasteiger partial charge is 0.307 e. The molecule has 0 bridgehead atoms. The van der Waals surface area contributed by atoms with Crippen molar-refractivity contribution in [2.75, 3.05) is 0 Å². The molecule has 4 heterocycles. The van der Waals surface area contributed by atoms with E-state index in [2.05, 4.69) is 176 Å². The first-order valence-electron chi connectivity index (χ1n) is 19.5. The zero-order valence-corrected chi connectivity index (χ0v) is 31.9. The van der Waals surface area contributed by atoms with Crippen molar-refractivity contribution in [2.45, 2.75) is 51.6 Å². The molecule has 9 aromatic rings.